The predicted molar refractivity (Wildman–Crippen MR) is 96.9 cm³/mol. The van der Waals surface area contributed by atoms with Crippen LogP contribution >= 0.6 is 23.4 Å². The molecule has 0 saturated heterocycles. The van der Waals surface area contributed by atoms with E-state index in [0.717, 1.165) is 11.3 Å². The molecule has 0 unspecified atom stereocenters. The zero-order valence-electron chi connectivity index (χ0n) is 13.1. The molecule has 0 aliphatic carbocycles. The van der Waals surface area contributed by atoms with Crippen LogP contribution in [0, 0.1) is 0 Å². The van der Waals surface area contributed by atoms with E-state index in [1.165, 1.54) is 18.9 Å². The number of hydrogen-bond donors (Lipinski definition) is 1. The fourth-order valence-electron chi connectivity index (χ4n) is 2.28. The molecular weight excluding hydrogens is 348 g/mol. The molecule has 2 aromatic rings. The molecule has 1 heterocycles. The fourth-order valence-corrected chi connectivity index (χ4v) is 3.32. The Bertz CT molecular complexity index is 823. The predicted octanol–water partition coefficient (Wildman–Crippen LogP) is 4.02. The Labute approximate surface area is 149 Å². The highest BCUT2D eigenvalue weighted by Crippen LogP contribution is 2.32. The third-order valence-electron chi connectivity index (χ3n) is 3.49. The van der Waals surface area contributed by atoms with Gasteiger partial charge in [-0.1, -0.05) is 23.4 Å². The molecule has 3 rings (SSSR count). The van der Waals surface area contributed by atoms with E-state index in [-0.39, 0.29) is 5.91 Å². The Morgan fingerprint density at radius 1 is 1.17 bits per heavy atom. The van der Waals surface area contributed by atoms with Crippen molar-refractivity contribution in [3.8, 4) is 11.5 Å². The number of nitrogens with one attached hydrogen (secondary N) is 1. The number of thioether (sulfide) groups is 1. The van der Waals surface area contributed by atoms with Crippen molar-refractivity contribution in [2.45, 2.75) is 5.75 Å². The molecule has 1 N–H and O–H groups in total. The van der Waals surface area contributed by atoms with E-state index >= 15 is 0 Å². The number of benzene rings is 2. The number of ether oxygens (including phenoxy) is 2. The van der Waals surface area contributed by atoms with Gasteiger partial charge in [0.05, 0.1) is 19.9 Å². The summed E-state index contributed by atoms with van der Waals surface area (Å²) in [6, 6.07) is 10.5. The number of nitrogens with zero attached hydrogens (tertiary/aromatic N) is 1. The van der Waals surface area contributed by atoms with Crippen molar-refractivity contribution in [2.75, 3.05) is 14.2 Å². The standard InChI is InChI=1S/C17H15ClN2O3S/c1-22-14-6-3-10(8-15(14)23-2)16(21)20-17-19-13-5-4-12(18)7-11(13)9-24-17/h3-8H,9H2,1-2H3,(H,19,20,21). The highest BCUT2D eigenvalue weighted by molar-refractivity contribution is 8.13. The number of carbonyl (C=O) groups excluding carboxylic acids is 1. The molecule has 1 aliphatic rings. The minimum atomic E-state index is -0.250. The van der Waals surface area contributed by atoms with Crippen LogP contribution in [0.1, 0.15) is 15.9 Å². The molecule has 7 heteroatoms. The maximum absolute atomic E-state index is 12.4. The van der Waals surface area contributed by atoms with Crippen LogP contribution in [0.2, 0.25) is 5.02 Å². The SMILES string of the molecule is COc1ccc(C(=O)NC2=Nc3ccc(Cl)cc3CS2)cc1OC. The summed E-state index contributed by atoms with van der Waals surface area (Å²) in [7, 11) is 3.08. The molecule has 0 fully saturated rings. The third-order valence-corrected chi connectivity index (χ3v) is 4.65. The number of halogens is 1. The summed E-state index contributed by atoms with van der Waals surface area (Å²) in [4.78, 5) is 16.9. The first-order valence-electron chi connectivity index (χ1n) is 7.14. The first-order valence-corrected chi connectivity index (χ1v) is 8.50. The fraction of sp³-hybridized carbons (Fsp3) is 0.176. The summed E-state index contributed by atoms with van der Waals surface area (Å²) >= 11 is 7.44. The number of methoxy groups -OCH3 is 2. The van der Waals surface area contributed by atoms with Gasteiger partial charge in [0.15, 0.2) is 16.7 Å². The average molecular weight is 363 g/mol. The first kappa shape index (κ1) is 16.7. The summed E-state index contributed by atoms with van der Waals surface area (Å²) in [6.07, 6.45) is 0. The summed E-state index contributed by atoms with van der Waals surface area (Å²) in [5, 5.41) is 4.07. The van der Waals surface area contributed by atoms with Gasteiger partial charge < -0.3 is 14.8 Å². The number of amides is 1. The topological polar surface area (TPSA) is 59.9 Å². The molecule has 0 bridgehead atoms. The molecule has 124 valence electrons. The lowest BCUT2D eigenvalue weighted by atomic mass is 10.2. The van der Waals surface area contributed by atoms with Crippen molar-refractivity contribution in [3.63, 3.8) is 0 Å². The summed E-state index contributed by atoms with van der Waals surface area (Å²) in [5.41, 5.74) is 2.34. The van der Waals surface area contributed by atoms with Crippen LogP contribution in [0.3, 0.4) is 0 Å². The molecule has 24 heavy (non-hydrogen) atoms. The summed E-state index contributed by atoms with van der Waals surface area (Å²) < 4.78 is 10.4. The van der Waals surface area contributed by atoms with Gasteiger partial charge >= 0.3 is 0 Å². The highest BCUT2D eigenvalue weighted by atomic mass is 35.5. The second-order valence-electron chi connectivity index (χ2n) is 5.00. The van der Waals surface area contributed by atoms with Crippen molar-refractivity contribution in [2.24, 2.45) is 4.99 Å². The summed E-state index contributed by atoms with van der Waals surface area (Å²) in [6.45, 7) is 0. The van der Waals surface area contributed by atoms with Gasteiger partial charge in [0.2, 0.25) is 0 Å². The van der Waals surface area contributed by atoms with E-state index in [0.29, 0.717) is 33.0 Å². The second-order valence-corrected chi connectivity index (χ2v) is 6.40. The van der Waals surface area contributed by atoms with Crippen LogP contribution in [0.4, 0.5) is 5.69 Å². The van der Waals surface area contributed by atoms with Crippen LogP contribution in [0.25, 0.3) is 0 Å². The zero-order chi connectivity index (χ0) is 17.1. The molecule has 0 spiro atoms. The van der Waals surface area contributed by atoms with Crippen molar-refractivity contribution >= 4 is 40.1 Å². The molecule has 1 aliphatic heterocycles. The minimum Gasteiger partial charge on any atom is -0.493 e. The lowest BCUT2D eigenvalue weighted by Gasteiger charge is -2.16. The Hall–Kier alpha value is -2.18. The van der Waals surface area contributed by atoms with Gasteiger partial charge in [0, 0.05) is 16.3 Å². The van der Waals surface area contributed by atoms with Gasteiger partial charge in [-0.3, -0.25) is 4.79 Å². The lowest BCUT2D eigenvalue weighted by molar-refractivity contribution is 0.0977. The van der Waals surface area contributed by atoms with E-state index in [4.69, 9.17) is 21.1 Å². The first-order chi connectivity index (χ1) is 11.6. The molecule has 5 nitrogen and oxygen atoms in total. The van der Waals surface area contributed by atoms with Crippen molar-refractivity contribution < 1.29 is 14.3 Å². The Kier molecular flexibility index (Phi) is 4.97. The van der Waals surface area contributed by atoms with E-state index in [2.05, 4.69) is 10.3 Å². The minimum absolute atomic E-state index is 0.250. The monoisotopic (exact) mass is 362 g/mol. The van der Waals surface area contributed by atoms with E-state index < -0.39 is 0 Å². The normalized spacial score (nSPS) is 12.9. The number of amidine groups is 1. The molecule has 2 aromatic carbocycles. The molecule has 0 aromatic heterocycles. The number of hydrogen-bond acceptors (Lipinski definition) is 5. The van der Waals surface area contributed by atoms with Gasteiger partial charge in [-0.05, 0) is 42.0 Å². The number of rotatable bonds is 3. The maximum Gasteiger partial charge on any atom is 0.257 e. The van der Waals surface area contributed by atoms with E-state index in [1.54, 1.807) is 31.4 Å². The highest BCUT2D eigenvalue weighted by Gasteiger charge is 2.17. The quantitative estimate of drug-likeness (QED) is 0.895. The van der Waals surface area contributed by atoms with Crippen LogP contribution in [0.5, 0.6) is 11.5 Å². The van der Waals surface area contributed by atoms with Crippen molar-refractivity contribution in [1.29, 1.82) is 0 Å². The summed E-state index contributed by atoms with van der Waals surface area (Å²) in [5.74, 6) is 1.54. The average Bonchev–Trinajstić information content (AvgIpc) is 2.61. The second kappa shape index (κ2) is 7.15. The van der Waals surface area contributed by atoms with E-state index in [9.17, 15) is 4.79 Å². The van der Waals surface area contributed by atoms with E-state index in [1.807, 2.05) is 12.1 Å². The van der Waals surface area contributed by atoms with Crippen LogP contribution < -0.4 is 14.8 Å². The van der Waals surface area contributed by atoms with Gasteiger partial charge in [0.25, 0.3) is 5.91 Å². The van der Waals surface area contributed by atoms with Crippen LogP contribution in [-0.4, -0.2) is 25.3 Å². The zero-order valence-corrected chi connectivity index (χ0v) is 14.7. The third kappa shape index (κ3) is 3.49. The molecule has 0 atom stereocenters. The number of aliphatic imine (C=N–C) groups is 1. The lowest BCUT2D eigenvalue weighted by Crippen LogP contribution is -2.29. The molecule has 0 saturated carbocycles. The molecule has 0 radical (unpaired) electrons. The van der Waals surface area contributed by atoms with Gasteiger partial charge in [-0.25, -0.2) is 4.99 Å². The largest absolute Gasteiger partial charge is 0.493 e. The van der Waals surface area contributed by atoms with Gasteiger partial charge in [-0.2, -0.15) is 0 Å². The molecular formula is C17H15ClN2O3S. The molecule has 1 amide bonds. The van der Waals surface area contributed by atoms with Crippen molar-refractivity contribution in [1.82, 2.24) is 5.32 Å². The Morgan fingerprint density at radius 3 is 2.71 bits per heavy atom. The Morgan fingerprint density at radius 2 is 1.96 bits per heavy atom. The van der Waals surface area contributed by atoms with Crippen molar-refractivity contribution in [3.05, 3.63) is 52.5 Å². The van der Waals surface area contributed by atoms with Crippen LogP contribution in [-0.2, 0) is 5.75 Å². The van der Waals surface area contributed by atoms with Crippen LogP contribution in [0.15, 0.2) is 41.4 Å². The number of fused-ring (bicyclic) bond motifs is 1. The number of carbonyl (C=O) groups is 1. The maximum atomic E-state index is 12.4. The van der Waals surface area contributed by atoms with Gasteiger partial charge in [0.1, 0.15) is 0 Å². The Balaban J connectivity index is 1.79. The van der Waals surface area contributed by atoms with Gasteiger partial charge in [-0.15, -0.1) is 0 Å². The smallest absolute Gasteiger partial charge is 0.257 e.